The zero-order valence-electron chi connectivity index (χ0n) is 13.3. The van der Waals surface area contributed by atoms with E-state index in [1.165, 1.54) is 4.31 Å². The molecule has 0 radical (unpaired) electrons. The van der Waals surface area contributed by atoms with Gasteiger partial charge in [0.05, 0.1) is 0 Å². The number of hydrogen-bond acceptors (Lipinski definition) is 4. The lowest BCUT2D eigenvalue weighted by Gasteiger charge is -2.18. The summed E-state index contributed by atoms with van der Waals surface area (Å²) < 4.78 is 29.8. The predicted molar refractivity (Wildman–Crippen MR) is 84.2 cm³/mol. The second-order valence-electron chi connectivity index (χ2n) is 5.38. The van der Waals surface area contributed by atoms with Crippen LogP contribution in [0.3, 0.4) is 0 Å². The highest BCUT2D eigenvalue weighted by molar-refractivity contribution is 7.87. The maximum atomic E-state index is 12.0. The summed E-state index contributed by atoms with van der Waals surface area (Å²) >= 11 is 0. The zero-order chi connectivity index (χ0) is 15.9. The van der Waals surface area contributed by atoms with Crippen LogP contribution in [-0.4, -0.2) is 55.2 Å². The van der Waals surface area contributed by atoms with Crippen LogP contribution in [0.5, 0.6) is 0 Å². The molecule has 7 nitrogen and oxygen atoms in total. The maximum absolute atomic E-state index is 12.0. The lowest BCUT2D eigenvalue weighted by atomic mass is 10.3. The monoisotopic (exact) mass is 317 g/mol. The van der Waals surface area contributed by atoms with Crippen LogP contribution in [0.25, 0.3) is 0 Å². The van der Waals surface area contributed by atoms with Crippen LogP contribution in [0.2, 0.25) is 0 Å². The van der Waals surface area contributed by atoms with Gasteiger partial charge in [0, 0.05) is 51.5 Å². The van der Waals surface area contributed by atoms with Gasteiger partial charge in [0.25, 0.3) is 10.2 Å². The van der Waals surface area contributed by atoms with Gasteiger partial charge in [0.1, 0.15) is 0 Å². The number of nitrogens with one attached hydrogen (secondary N) is 2. The Kier molecular flexibility index (Phi) is 7.30. The van der Waals surface area contributed by atoms with E-state index in [4.69, 9.17) is 0 Å². The molecule has 0 spiro atoms. The third kappa shape index (κ3) is 6.56. The summed E-state index contributed by atoms with van der Waals surface area (Å²) in [4.78, 5) is 0. The molecule has 0 bridgehead atoms. The van der Waals surface area contributed by atoms with Gasteiger partial charge in [0.2, 0.25) is 0 Å². The highest BCUT2D eigenvalue weighted by atomic mass is 32.2. The molecule has 2 N–H and O–H groups in total. The van der Waals surface area contributed by atoms with Crippen molar-refractivity contribution in [1.29, 1.82) is 0 Å². The Morgan fingerprint density at radius 2 is 2.10 bits per heavy atom. The SMILES string of the molecule is CC(C)NCCCN(C)S(=O)(=O)NCCc1ccnn1C. The van der Waals surface area contributed by atoms with Gasteiger partial charge < -0.3 is 5.32 Å². The predicted octanol–water partition coefficient (Wildman–Crippen LogP) is 0.117. The molecule has 0 amide bonds. The van der Waals surface area contributed by atoms with Crippen LogP contribution in [-0.2, 0) is 23.7 Å². The van der Waals surface area contributed by atoms with Crippen LogP contribution in [0.4, 0.5) is 0 Å². The molecule has 0 fully saturated rings. The first-order chi connectivity index (χ1) is 9.83. The Morgan fingerprint density at radius 1 is 1.38 bits per heavy atom. The van der Waals surface area contributed by atoms with Crippen LogP contribution < -0.4 is 10.0 Å². The van der Waals surface area contributed by atoms with Gasteiger partial charge in [-0.25, -0.2) is 4.72 Å². The summed E-state index contributed by atoms with van der Waals surface area (Å²) in [6.45, 7) is 5.82. The van der Waals surface area contributed by atoms with E-state index in [2.05, 4.69) is 29.0 Å². The van der Waals surface area contributed by atoms with Crippen molar-refractivity contribution in [3.05, 3.63) is 18.0 Å². The highest BCUT2D eigenvalue weighted by Crippen LogP contribution is 1.99. The van der Waals surface area contributed by atoms with Crippen molar-refractivity contribution in [3.8, 4) is 0 Å². The van der Waals surface area contributed by atoms with Crippen LogP contribution >= 0.6 is 0 Å². The van der Waals surface area contributed by atoms with Crippen LogP contribution in [0, 0.1) is 0 Å². The topological polar surface area (TPSA) is 79.3 Å². The van der Waals surface area contributed by atoms with Crippen molar-refractivity contribution in [2.45, 2.75) is 32.7 Å². The van der Waals surface area contributed by atoms with Gasteiger partial charge in [-0.2, -0.15) is 17.8 Å². The smallest absolute Gasteiger partial charge is 0.279 e. The van der Waals surface area contributed by atoms with Gasteiger partial charge in [-0.05, 0) is 19.0 Å². The normalized spacial score (nSPS) is 12.5. The highest BCUT2D eigenvalue weighted by Gasteiger charge is 2.16. The summed E-state index contributed by atoms with van der Waals surface area (Å²) in [5.41, 5.74) is 1.00. The quantitative estimate of drug-likeness (QED) is 0.601. The largest absolute Gasteiger partial charge is 0.314 e. The van der Waals surface area contributed by atoms with Gasteiger partial charge in [0.15, 0.2) is 0 Å². The average Bonchev–Trinajstić information content (AvgIpc) is 2.80. The summed E-state index contributed by atoms with van der Waals surface area (Å²) in [6, 6.07) is 2.30. The van der Waals surface area contributed by atoms with Crippen LogP contribution in [0.15, 0.2) is 12.3 Å². The number of rotatable bonds is 10. The van der Waals surface area contributed by atoms with E-state index in [1.54, 1.807) is 17.9 Å². The van der Waals surface area contributed by atoms with E-state index in [1.807, 2.05) is 13.1 Å². The molecule has 0 saturated heterocycles. The minimum Gasteiger partial charge on any atom is -0.314 e. The van der Waals surface area contributed by atoms with Crippen LogP contribution in [0.1, 0.15) is 26.0 Å². The third-order valence-electron chi connectivity index (χ3n) is 3.20. The lowest BCUT2D eigenvalue weighted by molar-refractivity contribution is 0.439. The third-order valence-corrected chi connectivity index (χ3v) is 4.77. The molecule has 0 atom stereocenters. The second-order valence-corrected chi connectivity index (χ2v) is 7.24. The van der Waals surface area contributed by atoms with E-state index in [0.29, 0.717) is 25.6 Å². The van der Waals surface area contributed by atoms with Crippen molar-refractivity contribution >= 4 is 10.2 Å². The molecule has 1 heterocycles. The number of aryl methyl sites for hydroxylation is 1. The molecule has 0 aliphatic carbocycles. The van der Waals surface area contributed by atoms with E-state index in [-0.39, 0.29) is 0 Å². The molecule has 0 aromatic carbocycles. The Morgan fingerprint density at radius 3 is 2.67 bits per heavy atom. The molecule has 122 valence electrons. The van der Waals surface area contributed by atoms with Gasteiger partial charge in [-0.3, -0.25) is 4.68 Å². The Balaban J connectivity index is 2.30. The molecule has 1 aromatic rings. The lowest BCUT2D eigenvalue weighted by Crippen LogP contribution is -2.40. The molecule has 0 aliphatic rings. The maximum Gasteiger partial charge on any atom is 0.279 e. The van der Waals surface area contributed by atoms with Crippen molar-refractivity contribution in [3.63, 3.8) is 0 Å². The standard InChI is InChI=1S/C13H27N5O2S/c1-12(2)14-8-5-11-17(3)21(19,20)16-10-7-13-6-9-15-18(13)4/h6,9,12,14,16H,5,7-8,10-11H2,1-4H3. The first-order valence-electron chi connectivity index (χ1n) is 7.24. The molecule has 0 unspecified atom stereocenters. The molecule has 0 aliphatic heterocycles. The first-order valence-corrected chi connectivity index (χ1v) is 8.68. The Hall–Kier alpha value is -0.960. The fraction of sp³-hybridized carbons (Fsp3) is 0.769. The van der Waals surface area contributed by atoms with Gasteiger partial charge in [-0.1, -0.05) is 13.8 Å². The second kappa shape index (κ2) is 8.47. The average molecular weight is 317 g/mol. The molecule has 8 heteroatoms. The number of hydrogen-bond donors (Lipinski definition) is 2. The molecular formula is C13H27N5O2S. The van der Waals surface area contributed by atoms with E-state index >= 15 is 0 Å². The molecule has 1 rings (SSSR count). The summed E-state index contributed by atoms with van der Waals surface area (Å²) in [5.74, 6) is 0. The summed E-state index contributed by atoms with van der Waals surface area (Å²) in [6.07, 6.45) is 3.12. The Labute approximate surface area is 127 Å². The summed E-state index contributed by atoms with van der Waals surface area (Å²) in [7, 11) is 0.0427. The molecular weight excluding hydrogens is 290 g/mol. The zero-order valence-corrected chi connectivity index (χ0v) is 14.2. The summed E-state index contributed by atoms with van der Waals surface area (Å²) in [5, 5.41) is 7.32. The van der Waals surface area contributed by atoms with Gasteiger partial charge >= 0.3 is 0 Å². The fourth-order valence-electron chi connectivity index (χ4n) is 1.88. The Bertz CT molecular complexity index is 512. The number of aromatic nitrogens is 2. The first kappa shape index (κ1) is 18.1. The van der Waals surface area contributed by atoms with E-state index in [0.717, 1.165) is 18.7 Å². The van der Waals surface area contributed by atoms with Crippen molar-refractivity contribution < 1.29 is 8.42 Å². The molecule has 1 aromatic heterocycles. The minimum absolute atomic E-state index is 0.371. The minimum atomic E-state index is -3.40. The van der Waals surface area contributed by atoms with Crippen molar-refractivity contribution in [2.75, 3.05) is 26.7 Å². The fourth-order valence-corrected chi connectivity index (χ4v) is 2.83. The van der Waals surface area contributed by atoms with E-state index < -0.39 is 10.2 Å². The van der Waals surface area contributed by atoms with Crippen molar-refractivity contribution in [1.82, 2.24) is 24.1 Å². The molecule has 21 heavy (non-hydrogen) atoms. The van der Waals surface area contributed by atoms with Gasteiger partial charge in [-0.15, -0.1) is 0 Å². The number of nitrogens with zero attached hydrogens (tertiary/aromatic N) is 3. The van der Waals surface area contributed by atoms with Crippen molar-refractivity contribution in [2.24, 2.45) is 7.05 Å². The molecule has 0 saturated carbocycles. The van der Waals surface area contributed by atoms with E-state index in [9.17, 15) is 8.42 Å².